The third-order valence-electron chi connectivity index (χ3n) is 2.87. The SMILES string of the molecule is COc1cccc(C(=O)/C=C(\C)Nc2cccc(F)c2)c1. The van der Waals surface area contributed by atoms with Crippen molar-refractivity contribution in [3.63, 3.8) is 0 Å². The van der Waals surface area contributed by atoms with Gasteiger partial charge >= 0.3 is 0 Å². The Morgan fingerprint density at radius 2 is 1.95 bits per heavy atom. The number of hydrogen-bond donors (Lipinski definition) is 1. The number of methoxy groups -OCH3 is 1. The molecule has 0 aliphatic carbocycles. The number of carbonyl (C=O) groups is 1. The van der Waals surface area contributed by atoms with Crippen LogP contribution in [-0.4, -0.2) is 12.9 Å². The van der Waals surface area contributed by atoms with Gasteiger partial charge in [0.2, 0.25) is 0 Å². The zero-order chi connectivity index (χ0) is 15.2. The summed E-state index contributed by atoms with van der Waals surface area (Å²) >= 11 is 0. The third-order valence-corrected chi connectivity index (χ3v) is 2.87. The number of rotatable bonds is 5. The summed E-state index contributed by atoms with van der Waals surface area (Å²) in [6, 6.07) is 13.0. The van der Waals surface area contributed by atoms with Crippen LogP contribution in [0.2, 0.25) is 0 Å². The van der Waals surface area contributed by atoms with Gasteiger partial charge in [0.15, 0.2) is 5.78 Å². The van der Waals surface area contributed by atoms with Crippen molar-refractivity contribution in [1.29, 1.82) is 0 Å². The predicted octanol–water partition coefficient (Wildman–Crippen LogP) is 4.03. The van der Waals surface area contributed by atoms with E-state index < -0.39 is 0 Å². The van der Waals surface area contributed by atoms with Crippen LogP contribution in [0.15, 0.2) is 60.3 Å². The fourth-order valence-electron chi connectivity index (χ4n) is 1.89. The third kappa shape index (κ3) is 4.18. The normalized spacial score (nSPS) is 11.1. The molecule has 2 rings (SSSR count). The van der Waals surface area contributed by atoms with E-state index in [2.05, 4.69) is 5.32 Å². The molecule has 21 heavy (non-hydrogen) atoms. The minimum Gasteiger partial charge on any atom is -0.497 e. The van der Waals surface area contributed by atoms with Gasteiger partial charge in [0.05, 0.1) is 7.11 Å². The van der Waals surface area contributed by atoms with E-state index in [-0.39, 0.29) is 11.6 Å². The summed E-state index contributed by atoms with van der Waals surface area (Å²) in [6.45, 7) is 1.75. The molecule has 0 atom stereocenters. The van der Waals surface area contributed by atoms with Gasteiger partial charge in [0.1, 0.15) is 11.6 Å². The van der Waals surface area contributed by atoms with Crippen LogP contribution in [0.5, 0.6) is 5.75 Å². The second kappa shape index (κ2) is 6.70. The molecule has 0 saturated heterocycles. The molecular weight excluding hydrogens is 269 g/mol. The summed E-state index contributed by atoms with van der Waals surface area (Å²) in [7, 11) is 1.55. The highest BCUT2D eigenvalue weighted by Crippen LogP contribution is 2.15. The lowest BCUT2D eigenvalue weighted by molar-refractivity contribution is 0.104. The van der Waals surface area contributed by atoms with Crippen molar-refractivity contribution in [2.24, 2.45) is 0 Å². The number of anilines is 1. The van der Waals surface area contributed by atoms with E-state index in [1.165, 1.54) is 18.2 Å². The summed E-state index contributed by atoms with van der Waals surface area (Å²) in [5, 5.41) is 2.98. The lowest BCUT2D eigenvalue weighted by atomic mass is 10.1. The molecular formula is C17H16FNO2. The number of halogens is 1. The van der Waals surface area contributed by atoms with Crippen molar-refractivity contribution in [3.8, 4) is 5.75 Å². The number of hydrogen-bond acceptors (Lipinski definition) is 3. The zero-order valence-corrected chi connectivity index (χ0v) is 11.9. The minimum absolute atomic E-state index is 0.143. The van der Waals surface area contributed by atoms with Crippen molar-refractivity contribution in [2.45, 2.75) is 6.92 Å². The highest BCUT2D eigenvalue weighted by Gasteiger charge is 2.05. The van der Waals surface area contributed by atoms with Crippen LogP contribution in [0.4, 0.5) is 10.1 Å². The Morgan fingerprint density at radius 3 is 2.67 bits per heavy atom. The van der Waals surface area contributed by atoms with Crippen molar-refractivity contribution >= 4 is 11.5 Å². The van der Waals surface area contributed by atoms with E-state index in [0.717, 1.165) is 0 Å². The van der Waals surface area contributed by atoms with Crippen molar-refractivity contribution in [2.75, 3.05) is 12.4 Å². The Labute approximate surface area is 123 Å². The predicted molar refractivity (Wildman–Crippen MR) is 81.1 cm³/mol. The van der Waals surface area contributed by atoms with Crippen LogP contribution >= 0.6 is 0 Å². The Kier molecular flexibility index (Phi) is 4.72. The fourth-order valence-corrected chi connectivity index (χ4v) is 1.89. The molecule has 0 fully saturated rings. The van der Waals surface area contributed by atoms with Gasteiger partial charge in [-0.25, -0.2) is 4.39 Å². The Balaban J connectivity index is 2.12. The molecule has 1 N–H and O–H groups in total. The molecule has 0 saturated carbocycles. The highest BCUT2D eigenvalue weighted by molar-refractivity contribution is 6.05. The molecule has 0 aromatic heterocycles. The van der Waals surface area contributed by atoms with Crippen LogP contribution in [0, 0.1) is 5.82 Å². The number of allylic oxidation sites excluding steroid dienone is 2. The van der Waals surface area contributed by atoms with E-state index >= 15 is 0 Å². The summed E-state index contributed by atoms with van der Waals surface area (Å²) in [6.07, 6.45) is 1.47. The molecule has 0 aliphatic rings. The monoisotopic (exact) mass is 285 g/mol. The van der Waals surface area contributed by atoms with Crippen molar-refractivity contribution in [3.05, 3.63) is 71.7 Å². The van der Waals surface area contributed by atoms with Gasteiger partial charge in [-0.1, -0.05) is 18.2 Å². The zero-order valence-electron chi connectivity index (χ0n) is 11.9. The molecule has 0 bridgehead atoms. The molecule has 108 valence electrons. The molecule has 0 aliphatic heterocycles. The summed E-state index contributed by atoms with van der Waals surface area (Å²) in [5.74, 6) is 0.159. The molecule has 0 radical (unpaired) electrons. The molecule has 0 amide bonds. The van der Waals surface area contributed by atoms with Crippen LogP contribution in [0.3, 0.4) is 0 Å². The number of ether oxygens (including phenoxy) is 1. The average Bonchev–Trinajstić information content (AvgIpc) is 2.47. The Morgan fingerprint density at radius 1 is 1.19 bits per heavy atom. The first-order chi connectivity index (χ1) is 10.1. The smallest absolute Gasteiger partial charge is 0.187 e. The molecule has 0 heterocycles. The number of nitrogens with one attached hydrogen (secondary N) is 1. The topological polar surface area (TPSA) is 38.3 Å². The van der Waals surface area contributed by atoms with Gasteiger partial charge in [-0.2, -0.15) is 0 Å². The van der Waals surface area contributed by atoms with E-state index in [1.54, 1.807) is 50.4 Å². The van der Waals surface area contributed by atoms with E-state index in [1.807, 2.05) is 0 Å². The van der Waals surface area contributed by atoms with Crippen LogP contribution < -0.4 is 10.1 Å². The van der Waals surface area contributed by atoms with Crippen molar-refractivity contribution in [1.82, 2.24) is 0 Å². The van der Waals surface area contributed by atoms with Gasteiger partial charge in [-0.15, -0.1) is 0 Å². The summed E-state index contributed by atoms with van der Waals surface area (Å²) in [4.78, 5) is 12.1. The van der Waals surface area contributed by atoms with Crippen LogP contribution in [0.25, 0.3) is 0 Å². The Hall–Kier alpha value is -2.62. The van der Waals surface area contributed by atoms with Crippen LogP contribution in [0.1, 0.15) is 17.3 Å². The summed E-state index contributed by atoms with van der Waals surface area (Å²) < 4.78 is 18.2. The molecule has 2 aromatic rings. The van der Waals surface area contributed by atoms with Crippen LogP contribution in [-0.2, 0) is 0 Å². The maximum Gasteiger partial charge on any atom is 0.187 e. The lowest BCUT2D eigenvalue weighted by Gasteiger charge is -2.07. The average molecular weight is 285 g/mol. The summed E-state index contributed by atoms with van der Waals surface area (Å²) in [5.41, 5.74) is 1.77. The molecule has 0 unspecified atom stereocenters. The second-order valence-electron chi connectivity index (χ2n) is 4.56. The second-order valence-corrected chi connectivity index (χ2v) is 4.56. The Bertz CT molecular complexity index is 680. The van der Waals surface area contributed by atoms with Gasteiger partial charge < -0.3 is 10.1 Å². The molecule has 3 nitrogen and oxygen atoms in total. The largest absolute Gasteiger partial charge is 0.497 e. The number of carbonyl (C=O) groups excluding carboxylic acids is 1. The minimum atomic E-state index is -0.327. The quantitative estimate of drug-likeness (QED) is 0.665. The van der Waals surface area contributed by atoms with E-state index in [0.29, 0.717) is 22.7 Å². The van der Waals surface area contributed by atoms with Gasteiger partial charge in [-0.05, 0) is 37.3 Å². The van der Waals surface area contributed by atoms with E-state index in [4.69, 9.17) is 4.74 Å². The van der Waals surface area contributed by atoms with Crippen molar-refractivity contribution < 1.29 is 13.9 Å². The maximum absolute atomic E-state index is 13.1. The first-order valence-corrected chi connectivity index (χ1v) is 6.48. The number of ketones is 1. The van der Waals surface area contributed by atoms with Gasteiger partial charge in [-0.3, -0.25) is 4.79 Å². The molecule has 0 spiro atoms. The highest BCUT2D eigenvalue weighted by atomic mass is 19.1. The van der Waals surface area contributed by atoms with Gasteiger partial charge in [0, 0.05) is 23.0 Å². The molecule has 2 aromatic carbocycles. The fraction of sp³-hybridized carbons (Fsp3) is 0.118. The maximum atomic E-state index is 13.1. The molecule has 4 heteroatoms. The first kappa shape index (κ1) is 14.8. The standard InChI is InChI=1S/C17H16FNO2/c1-12(19-15-7-4-6-14(18)11-15)9-17(20)13-5-3-8-16(10-13)21-2/h3-11,19H,1-2H3/b12-9+. The van der Waals surface area contributed by atoms with E-state index in [9.17, 15) is 9.18 Å². The first-order valence-electron chi connectivity index (χ1n) is 6.48. The lowest BCUT2D eigenvalue weighted by Crippen LogP contribution is -2.02. The number of benzene rings is 2. The van der Waals surface area contributed by atoms with Gasteiger partial charge in [0.25, 0.3) is 0 Å².